The SMILES string of the molecule is CC(C)n1c(C=C[C@@H](O)C[C@@H](O)CC(=O)O)c(-c2ccc(F)cc2)c(-c2ccc(F)cc2)c1C(=O)Nc1ccc(OCc2ccccc2)cc1.[H-].[Na+]. The van der Waals surface area contributed by atoms with Crippen molar-refractivity contribution >= 4 is 23.6 Å². The molecule has 4 N–H and O–H groups in total. The van der Waals surface area contributed by atoms with Gasteiger partial charge in [0.1, 0.15) is 29.7 Å². The standard InChI is InChI=1S/C40H38F2N2O6.Na.H/c1-25(2)44-35(21-18-32(45)22-33(46)23-36(47)48)37(27-8-12-29(41)13-9-27)38(28-10-14-30(42)15-11-28)39(44)40(49)43-31-16-19-34(20-17-31)50-24-26-6-4-3-5-7-26;;/h3-21,25,32-33,45-46H,22-24H2,1-2H3,(H,43,49)(H,47,48);;/q;+1;-1/t32-,33-;;/m1../s1. The number of aliphatic hydroxyl groups is 2. The Morgan fingerprint density at radius 2 is 1.41 bits per heavy atom. The third-order valence-electron chi connectivity index (χ3n) is 8.00. The minimum Gasteiger partial charge on any atom is -1.00 e. The molecule has 5 rings (SSSR count). The summed E-state index contributed by atoms with van der Waals surface area (Å²) in [6.07, 6.45) is -0.272. The van der Waals surface area contributed by atoms with E-state index in [-0.39, 0.29) is 49.1 Å². The van der Waals surface area contributed by atoms with Gasteiger partial charge in [-0.15, -0.1) is 0 Å². The predicted molar refractivity (Wildman–Crippen MR) is 190 cm³/mol. The maximum absolute atomic E-state index is 14.4. The van der Waals surface area contributed by atoms with E-state index in [0.29, 0.717) is 46.0 Å². The van der Waals surface area contributed by atoms with E-state index < -0.39 is 42.1 Å². The van der Waals surface area contributed by atoms with Crippen LogP contribution in [0, 0.1) is 11.6 Å². The number of halogens is 2. The number of anilines is 1. The zero-order valence-electron chi connectivity index (χ0n) is 29.6. The molecule has 4 aromatic carbocycles. The second-order valence-electron chi connectivity index (χ2n) is 12.1. The van der Waals surface area contributed by atoms with Gasteiger partial charge in [0.05, 0.1) is 18.6 Å². The molecule has 0 unspecified atom stereocenters. The molecule has 51 heavy (non-hydrogen) atoms. The monoisotopic (exact) mass is 704 g/mol. The second kappa shape index (κ2) is 18.1. The molecule has 5 aromatic rings. The number of hydrogen-bond donors (Lipinski definition) is 4. The Labute approximate surface area is 318 Å². The van der Waals surface area contributed by atoms with Gasteiger partial charge in [0, 0.05) is 35.0 Å². The fourth-order valence-corrected chi connectivity index (χ4v) is 5.75. The number of benzene rings is 4. The first-order valence-corrected chi connectivity index (χ1v) is 16.1. The number of rotatable bonds is 14. The summed E-state index contributed by atoms with van der Waals surface area (Å²) >= 11 is 0. The largest absolute Gasteiger partial charge is 1.00 e. The fraction of sp³-hybridized carbons (Fsp3) is 0.200. The number of hydrogen-bond acceptors (Lipinski definition) is 5. The Kier molecular flexibility index (Phi) is 13.9. The van der Waals surface area contributed by atoms with Crippen LogP contribution in [0.5, 0.6) is 5.75 Å². The molecule has 1 aromatic heterocycles. The Hall–Kier alpha value is -4.58. The molecular weight excluding hydrogens is 665 g/mol. The number of aliphatic hydroxyl groups excluding tert-OH is 2. The first-order chi connectivity index (χ1) is 24.0. The van der Waals surface area contributed by atoms with Crippen LogP contribution in [0.25, 0.3) is 28.3 Å². The van der Waals surface area contributed by atoms with Crippen molar-refractivity contribution in [2.24, 2.45) is 0 Å². The van der Waals surface area contributed by atoms with E-state index >= 15 is 0 Å². The number of aromatic nitrogens is 1. The van der Waals surface area contributed by atoms with Crippen LogP contribution in [0.15, 0.2) is 109 Å². The van der Waals surface area contributed by atoms with Crippen LogP contribution in [-0.4, -0.2) is 44.0 Å². The molecule has 1 amide bonds. The number of aliphatic carboxylic acids is 1. The summed E-state index contributed by atoms with van der Waals surface area (Å²) in [5.74, 6) is -1.99. The molecule has 0 radical (unpaired) electrons. The van der Waals surface area contributed by atoms with Gasteiger partial charge >= 0.3 is 35.5 Å². The Morgan fingerprint density at radius 3 is 1.96 bits per heavy atom. The van der Waals surface area contributed by atoms with Crippen molar-refractivity contribution in [3.05, 3.63) is 138 Å². The first-order valence-electron chi connectivity index (χ1n) is 16.1. The van der Waals surface area contributed by atoms with Crippen LogP contribution >= 0.6 is 0 Å². The van der Waals surface area contributed by atoms with Gasteiger partial charge in [-0.25, -0.2) is 8.78 Å². The number of carboxylic acid groups (broad SMARTS) is 1. The van der Waals surface area contributed by atoms with E-state index in [2.05, 4.69) is 5.32 Å². The normalized spacial score (nSPS) is 12.4. The summed E-state index contributed by atoms with van der Waals surface area (Å²) in [5.41, 5.74) is 4.26. The summed E-state index contributed by atoms with van der Waals surface area (Å²) < 4.78 is 36.0. The fourth-order valence-electron chi connectivity index (χ4n) is 5.75. The third kappa shape index (κ3) is 10.2. The Balaban J connectivity index is 0.00000364. The summed E-state index contributed by atoms with van der Waals surface area (Å²) in [6, 6.07) is 27.8. The van der Waals surface area contributed by atoms with Gasteiger partial charge in [0.25, 0.3) is 5.91 Å². The van der Waals surface area contributed by atoms with Gasteiger partial charge in [0.2, 0.25) is 0 Å². The second-order valence-corrected chi connectivity index (χ2v) is 12.1. The molecule has 2 atom stereocenters. The van der Waals surface area contributed by atoms with Crippen LogP contribution in [-0.2, 0) is 11.4 Å². The molecule has 0 saturated carbocycles. The molecule has 0 aliphatic carbocycles. The maximum atomic E-state index is 14.4. The molecule has 11 heteroatoms. The molecular formula is C40H39F2N2NaO6. The van der Waals surface area contributed by atoms with Gasteiger partial charge in [-0.2, -0.15) is 0 Å². The van der Waals surface area contributed by atoms with Crippen LogP contribution in [0.4, 0.5) is 14.5 Å². The van der Waals surface area contributed by atoms with Crippen molar-refractivity contribution in [1.29, 1.82) is 0 Å². The predicted octanol–water partition coefficient (Wildman–Crippen LogP) is 5.23. The van der Waals surface area contributed by atoms with Gasteiger partial charge in [-0.05, 0) is 85.1 Å². The Bertz CT molecular complexity index is 1950. The van der Waals surface area contributed by atoms with E-state index in [1.165, 1.54) is 30.3 Å². The summed E-state index contributed by atoms with van der Waals surface area (Å²) in [5, 5.41) is 32.9. The minimum atomic E-state index is -1.29. The van der Waals surface area contributed by atoms with Crippen LogP contribution in [0.3, 0.4) is 0 Å². The average molecular weight is 705 g/mol. The van der Waals surface area contributed by atoms with E-state index in [4.69, 9.17) is 9.84 Å². The first kappa shape index (κ1) is 39.2. The van der Waals surface area contributed by atoms with Crippen molar-refractivity contribution in [2.75, 3.05) is 5.32 Å². The quantitative estimate of drug-likeness (QED) is 0.118. The van der Waals surface area contributed by atoms with Crippen molar-refractivity contribution in [3.8, 4) is 28.0 Å². The van der Waals surface area contributed by atoms with Crippen LogP contribution in [0.1, 0.15) is 55.9 Å². The molecule has 0 bridgehead atoms. The number of ether oxygens (including phenoxy) is 1. The van der Waals surface area contributed by atoms with Crippen molar-refractivity contribution in [3.63, 3.8) is 0 Å². The van der Waals surface area contributed by atoms with E-state index in [1.54, 1.807) is 59.2 Å². The summed E-state index contributed by atoms with van der Waals surface area (Å²) in [4.78, 5) is 25.4. The molecule has 0 spiro atoms. The molecule has 1 heterocycles. The van der Waals surface area contributed by atoms with Gasteiger partial charge in [-0.1, -0.05) is 60.7 Å². The Morgan fingerprint density at radius 1 is 0.843 bits per heavy atom. The number of carbonyl (C=O) groups is 2. The number of nitrogens with zero attached hydrogens (tertiary/aromatic N) is 1. The summed E-state index contributed by atoms with van der Waals surface area (Å²) in [7, 11) is 0. The van der Waals surface area contributed by atoms with Crippen molar-refractivity contribution < 1.29 is 69.4 Å². The van der Waals surface area contributed by atoms with Gasteiger partial charge in [-0.3, -0.25) is 9.59 Å². The van der Waals surface area contributed by atoms with E-state index in [1.807, 2.05) is 44.2 Å². The molecule has 0 aliphatic heterocycles. The molecule has 260 valence electrons. The zero-order valence-corrected chi connectivity index (χ0v) is 30.6. The number of nitrogens with one attached hydrogen (secondary N) is 1. The minimum absolute atomic E-state index is 0. The number of carboxylic acids is 1. The van der Waals surface area contributed by atoms with Crippen LogP contribution in [0.2, 0.25) is 0 Å². The van der Waals surface area contributed by atoms with Gasteiger partial charge < -0.3 is 31.4 Å². The molecule has 0 saturated heterocycles. The molecule has 0 aliphatic rings. The van der Waals surface area contributed by atoms with Gasteiger partial charge in [0.15, 0.2) is 0 Å². The van der Waals surface area contributed by atoms with E-state index in [0.717, 1.165) is 5.56 Å². The number of carbonyl (C=O) groups excluding carboxylic acids is 1. The smallest absolute Gasteiger partial charge is 1.00 e. The maximum Gasteiger partial charge on any atom is 1.00 e. The average Bonchev–Trinajstić information content (AvgIpc) is 3.43. The topological polar surface area (TPSA) is 121 Å². The molecule has 0 fully saturated rings. The van der Waals surface area contributed by atoms with Crippen molar-refractivity contribution in [1.82, 2.24) is 4.57 Å². The molecule has 8 nitrogen and oxygen atoms in total. The van der Waals surface area contributed by atoms with E-state index in [9.17, 15) is 28.6 Å². The number of amides is 1. The van der Waals surface area contributed by atoms with Crippen molar-refractivity contribution in [2.45, 2.75) is 51.5 Å². The zero-order chi connectivity index (χ0) is 35.8. The third-order valence-corrected chi connectivity index (χ3v) is 8.00. The summed E-state index contributed by atoms with van der Waals surface area (Å²) in [6.45, 7) is 4.14. The van der Waals surface area contributed by atoms with Crippen LogP contribution < -0.4 is 39.6 Å².